The van der Waals surface area contributed by atoms with Crippen LogP contribution in [0.1, 0.15) is 19.3 Å². The molecule has 1 aliphatic rings. The Hall–Kier alpha value is -1.15. The minimum Gasteiger partial charge on any atom is -0.481 e. The molecule has 16 heavy (non-hydrogen) atoms. The number of aliphatic carboxylic acids is 2. The Morgan fingerprint density at radius 2 is 1.38 bits per heavy atom. The molecule has 0 bridgehead atoms. The van der Waals surface area contributed by atoms with Crippen LogP contribution < -0.4 is 0 Å². The van der Waals surface area contributed by atoms with Crippen LogP contribution >= 0.6 is 0 Å². The van der Waals surface area contributed by atoms with Crippen LogP contribution in [0.5, 0.6) is 0 Å². The summed E-state index contributed by atoms with van der Waals surface area (Å²) < 4.78 is 31.0. The third kappa shape index (κ3) is 2.50. The Labute approximate surface area is 91.8 Å². The molecule has 0 radical (unpaired) electrons. The highest BCUT2D eigenvalue weighted by atomic mass is 32.2. The van der Waals surface area contributed by atoms with E-state index in [1.165, 1.54) is 0 Å². The molecule has 2 atom stereocenters. The van der Waals surface area contributed by atoms with Crippen LogP contribution in [0.3, 0.4) is 0 Å². The summed E-state index contributed by atoms with van der Waals surface area (Å²) in [6.07, 6.45) is 0.438. The maximum atomic E-state index is 11.0. The zero-order chi connectivity index (χ0) is 12.5. The van der Waals surface area contributed by atoms with Crippen LogP contribution in [0, 0.1) is 11.8 Å². The highest BCUT2D eigenvalue weighted by molar-refractivity contribution is 7.86. The van der Waals surface area contributed by atoms with Gasteiger partial charge in [-0.15, -0.1) is 0 Å². The van der Waals surface area contributed by atoms with E-state index in [9.17, 15) is 18.0 Å². The molecule has 1 saturated carbocycles. The first-order valence-corrected chi connectivity index (χ1v) is 6.17. The van der Waals surface area contributed by atoms with Gasteiger partial charge in [0.2, 0.25) is 0 Å². The predicted molar refractivity (Wildman–Crippen MR) is 51.4 cm³/mol. The van der Waals surface area contributed by atoms with E-state index in [4.69, 9.17) is 14.8 Å². The SMILES string of the molecule is O=C(O)C1CCCC(C(=O)O)C1S(=O)(=O)O. The topological polar surface area (TPSA) is 129 Å². The van der Waals surface area contributed by atoms with Gasteiger partial charge in [0.15, 0.2) is 0 Å². The lowest BCUT2D eigenvalue weighted by atomic mass is 9.81. The summed E-state index contributed by atoms with van der Waals surface area (Å²) in [6.45, 7) is 0. The molecule has 0 saturated heterocycles. The second-order valence-corrected chi connectivity index (χ2v) is 5.37. The smallest absolute Gasteiger partial charge is 0.307 e. The van der Waals surface area contributed by atoms with Gasteiger partial charge in [-0.25, -0.2) is 0 Å². The summed E-state index contributed by atoms with van der Waals surface area (Å²) >= 11 is 0. The number of carboxylic acids is 2. The van der Waals surface area contributed by atoms with Gasteiger partial charge in [-0.1, -0.05) is 6.42 Å². The van der Waals surface area contributed by atoms with Crippen molar-refractivity contribution in [3.05, 3.63) is 0 Å². The van der Waals surface area contributed by atoms with Gasteiger partial charge in [0.1, 0.15) is 5.25 Å². The van der Waals surface area contributed by atoms with Gasteiger partial charge in [-0.2, -0.15) is 8.42 Å². The number of carboxylic acid groups (broad SMARTS) is 2. The van der Waals surface area contributed by atoms with Gasteiger partial charge in [-0.3, -0.25) is 14.1 Å². The molecule has 0 aromatic heterocycles. The molecule has 1 rings (SSSR count). The van der Waals surface area contributed by atoms with Crippen molar-refractivity contribution in [2.75, 3.05) is 0 Å². The second kappa shape index (κ2) is 4.38. The van der Waals surface area contributed by atoms with Crippen LogP contribution in [-0.2, 0) is 19.7 Å². The van der Waals surface area contributed by atoms with Gasteiger partial charge < -0.3 is 10.2 Å². The van der Waals surface area contributed by atoms with Crippen molar-refractivity contribution in [1.29, 1.82) is 0 Å². The fraction of sp³-hybridized carbons (Fsp3) is 0.750. The van der Waals surface area contributed by atoms with E-state index in [0.717, 1.165) is 0 Å². The van der Waals surface area contributed by atoms with Crippen LogP contribution in [0.4, 0.5) is 0 Å². The molecule has 0 spiro atoms. The fourth-order valence-electron chi connectivity index (χ4n) is 2.11. The Morgan fingerprint density at radius 3 is 1.62 bits per heavy atom. The van der Waals surface area contributed by atoms with Crippen molar-refractivity contribution < 1.29 is 32.8 Å². The molecule has 2 unspecified atom stereocenters. The van der Waals surface area contributed by atoms with E-state index in [1.807, 2.05) is 0 Å². The first kappa shape index (κ1) is 12.9. The third-order valence-electron chi connectivity index (χ3n) is 2.80. The van der Waals surface area contributed by atoms with Gasteiger partial charge in [-0.05, 0) is 12.8 Å². The summed E-state index contributed by atoms with van der Waals surface area (Å²) in [5.41, 5.74) is 0. The monoisotopic (exact) mass is 252 g/mol. The van der Waals surface area contributed by atoms with Crippen molar-refractivity contribution >= 4 is 22.1 Å². The molecule has 3 N–H and O–H groups in total. The first-order chi connectivity index (χ1) is 7.25. The molecule has 0 aliphatic heterocycles. The Kier molecular flexibility index (Phi) is 3.54. The number of hydrogen-bond acceptors (Lipinski definition) is 4. The van der Waals surface area contributed by atoms with Crippen LogP contribution in [0.15, 0.2) is 0 Å². The molecule has 1 fully saturated rings. The largest absolute Gasteiger partial charge is 0.481 e. The van der Waals surface area contributed by atoms with E-state index < -0.39 is 39.1 Å². The minimum atomic E-state index is -4.68. The van der Waals surface area contributed by atoms with Crippen LogP contribution in [0.2, 0.25) is 0 Å². The Morgan fingerprint density at radius 1 is 1.00 bits per heavy atom. The van der Waals surface area contributed by atoms with Crippen LogP contribution in [0.25, 0.3) is 0 Å². The zero-order valence-electron chi connectivity index (χ0n) is 8.24. The van der Waals surface area contributed by atoms with Gasteiger partial charge in [0, 0.05) is 0 Å². The standard InChI is InChI=1S/C8H12O7S/c9-7(10)4-2-1-3-5(8(11)12)6(4)16(13,14)15/h4-6H,1-3H2,(H,9,10)(H,11,12)(H,13,14,15). The van der Waals surface area contributed by atoms with E-state index in [1.54, 1.807) is 0 Å². The maximum absolute atomic E-state index is 11.0. The second-order valence-electron chi connectivity index (χ2n) is 3.80. The highest BCUT2D eigenvalue weighted by Crippen LogP contribution is 2.34. The number of hydrogen-bond donors (Lipinski definition) is 3. The molecule has 92 valence electrons. The lowest BCUT2D eigenvalue weighted by Gasteiger charge is -2.31. The lowest BCUT2D eigenvalue weighted by molar-refractivity contribution is -0.147. The Balaban J connectivity index is 3.13. The van der Waals surface area contributed by atoms with Crippen molar-refractivity contribution in [1.82, 2.24) is 0 Å². The molecule has 0 heterocycles. The minimum absolute atomic E-state index is 0.0591. The summed E-state index contributed by atoms with van der Waals surface area (Å²) in [5, 5.41) is 15.9. The summed E-state index contributed by atoms with van der Waals surface area (Å²) in [4.78, 5) is 21.6. The fourth-order valence-corrected chi connectivity index (χ4v) is 3.45. The quantitative estimate of drug-likeness (QED) is 0.594. The van der Waals surface area contributed by atoms with Crippen molar-refractivity contribution in [2.45, 2.75) is 24.5 Å². The average Bonchev–Trinajstić information content (AvgIpc) is 2.15. The third-order valence-corrected chi connectivity index (χ3v) is 4.15. The van der Waals surface area contributed by atoms with E-state index in [0.29, 0.717) is 6.42 Å². The predicted octanol–water partition coefficient (Wildman–Crippen LogP) is -0.172. The molecule has 0 aromatic carbocycles. The highest BCUT2D eigenvalue weighted by Gasteiger charge is 2.48. The van der Waals surface area contributed by atoms with Gasteiger partial charge >= 0.3 is 11.9 Å². The summed E-state index contributed by atoms with van der Waals surface area (Å²) in [7, 11) is -4.68. The molecule has 8 heteroatoms. The normalized spacial score (nSPS) is 30.9. The number of rotatable bonds is 3. The maximum Gasteiger partial charge on any atom is 0.307 e. The average molecular weight is 252 g/mol. The van der Waals surface area contributed by atoms with E-state index >= 15 is 0 Å². The van der Waals surface area contributed by atoms with Crippen molar-refractivity contribution in [2.24, 2.45) is 11.8 Å². The number of carbonyl (C=O) groups is 2. The van der Waals surface area contributed by atoms with Crippen molar-refractivity contribution in [3.8, 4) is 0 Å². The van der Waals surface area contributed by atoms with E-state index in [-0.39, 0.29) is 12.8 Å². The van der Waals surface area contributed by atoms with Crippen LogP contribution in [-0.4, -0.2) is 40.4 Å². The molecule has 7 nitrogen and oxygen atoms in total. The molecule has 0 amide bonds. The molecular formula is C8H12O7S. The molecule has 1 aliphatic carbocycles. The molecule has 0 aromatic rings. The van der Waals surface area contributed by atoms with Gasteiger partial charge in [0.05, 0.1) is 11.8 Å². The van der Waals surface area contributed by atoms with E-state index in [2.05, 4.69) is 0 Å². The lowest BCUT2D eigenvalue weighted by Crippen LogP contribution is -2.46. The first-order valence-electron chi connectivity index (χ1n) is 4.67. The van der Waals surface area contributed by atoms with Crippen molar-refractivity contribution in [3.63, 3.8) is 0 Å². The van der Waals surface area contributed by atoms with Gasteiger partial charge in [0.25, 0.3) is 10.1 Å². The summed E-state index contributed by atoms with van der Waals surface area (Å²) in [5.74, 6) is -5.50. The zero-order valence-corrected chi connectivity index (χ0v) is 9.05. The molecular weight excluding hydrogens is 240 g/mol. The summed E-state index contributed by atoms with van der Waals surface area (Å²) in [6, 6.07) is 0. The Bertz CT molecular complexity index is 377.